The number of nitrogens with two attached hydrogens (primary N) is 2. The number of imidazole rings is 1. The number of hydrogen-bond acceptors (Lipinski definition) is 6. The molecule has 0 saturated heterocycles. The molecule has 4 N–H and O–H groups in total. The number of aryl methyl sites for hydroxylation is 2. The van der Waals surface area contributed by atoms with E-state index in [9.17, 15) is 0 Å². The number of ether oxygens (including phenoxy) is 1. The summed E-state index contributed by atoms with van der Waals surface area (Å²) in [7, 11) is 1.70. The standard InChI is InChI=1S/C16H20N6O/c1-10-19-13-5-4-12(11-8-14(17)21-15(18)9-11)20-16(13)22(10)6-3-7-23-2/h4-5,8-9H,3,6-7H2,1-2H3,(H4,17,18,21). The van der Waals surface area contributed by atoms with Crippen LogP contribution in [-0.2, 0) is 11.3 Å². The van der Waals surface area contributed by atoms with E-state index in [0.29, 0.717) is 18.2 Å². The largest absolute Gasteiger partial charge is 0.385 e. The number of methoxy groups -OCH3 is 1. The van der Waals surface area contributed by atoms with E-state index < -0.39 is 0 Å². The van der Waals surface area contributed by atoms with Crippen LogP contribution in [0.1, 0.15) is 12.2 Å². The van der Waals surface area contributed by atoms with Gasteiger partial charge in [0.1, 0.15) is 23.0 Å². The normalized spacial score (nSPS) is 11.2. The molecule has 0 spiro atoms. The maximum atomic E-state index is 5.77. The Labute approximate surface area is 134 Å². The highest BCUT2D eigenvalue weighted by molar-refractivity contribution is 5.77. The number of hydrogen-bond donors (Lipinski definition) is 2. The number of aromatic nitrogens is 4. The molecule has 0 bridgehead atoms. The lowest BCUT2D eigenvalue weighted by Gasteiger charge is -2.07. The Hall–Kier alpha value is -2.67. The van der Waals surface area contributed by atoms with E-state index >= 15 is 0 Å². The monoisotopic (exact) mass is 312 g/mol. The van der Waals surface area contributed by atoms with Crippen molar-refractivity contribution in [2.24, 2.45) is 0 Å². The van der Waals surface area contributed by atoms with Crippen molar-refractivity contribution >= 4 is 22.8 Å². The highest BCUT2D eigenvalue weighted by Crippen LogP contribution is 2.24. The van der Waals surface area contributed by atoms with E-state index in [4.69, 9.17) is 21.2 Å². The Kier molecular flexibility index (Phi) is 4.12. The van der Waals surface area contributed by atoms with Crippen LogP contribution in [0, 0.1) is 6.92 Å². The first-order chi connectivity index (χ1) is 11.1. The maximum Gasteiger partial charge on any atom is 0.160 e. The summed E-state index contributed by atoms with van der Waals surface area (Å²) in [6.45, 7) is 3.50. The Balaban J connectivity index is 2.04. The fourth-order valence-electron chi connectivity index (χ4n) is 2.63. The van der Waals surface area contributed by atoms with E-state index in [-0.39, 0.29) is 0 Å². The second kappa shape index (κ2) is 6.21. The Morgan fingerprint density at radius 2 is 1.83 bits per heavy atom. The Morgan fingerprint density at radius 3 is 2.52 bits per heavy atom. The first kappa shape index (κ1) is 15.2. The fourth-order valence-corrected chi connectivity index (χ4v) is 2.63. The van der Waals surface area contributed by atoms with Gasteiger partial charge in [0.2, 0.25) is 0 Å². The molecule has 0 aromatic carbocycles. The van der Waals surface area contributed by atoms with Gasteiger partial charge in [-0.15, -0.1) is 0 Å². The van der Waals surface area contributed by atoms with E-state index in [1.807, 2.05) is 19.1 Å². The smallest absolute Gasteiger partial charge is 0.160 e. The molecule has 3 rings (SSSR count). The molecule has 120 valence electrons. The quantitative estimate of drug-likeness (QED) is 0.698. The molecule has 0 fully saturated rings. The highest BCUT2D eigenvalue weighted by Gasteiger charge is 2.11. The van der Waals surface area contributed by atoms with Crippen LogP contribution in [0.25, 0.3) is 22.4 Å². The van der Waals surface area contributed by atoms with Gasteiger partial charge in [-0.25, -0.2) is 15.0 Å². The van der Waals surface area contributed by atoms with Crippen molar-refractivity contribution in [1.82, 2.24) is 19.5 Å². The molecule has 7 heteroatoms. The van der Waals surface area contributed by atoms with Crippen molar-refractivity contribution < 1.29 is 4.74 Å². The molecule has 3 aromatic rings. The SMILES string of the molecule is COCCCn1c(C)nc2ccc(-c3cc(N)nc(N)c3)nc21. The molecule has 0 unspecified atom stereocenters. The van der Waals surface area contributed by atoms with Gasteiger partial charge >= 0.3 is 0 Å². The molecule has 0 aliphatic carbocycles. The summed E-state index contributed by atoms with van der Waals surface area (Å²) < 4.78 is 7.23. The molecule has 3 heterocycles. The third kappa shape index (κ3) is 3.09. The minimum Gasteiger partial charge on any atom is -0.385 e. The fraction of sp³-hybridized carbons (Fsp3) is 0.312. The number of nitrogen functional groups attached to an aromatic ring is 2. The van der Waals surface area contributed by atoms with Crippen LogP contribution in [0.4, 0.5) is 11.6 Å². The molecular weight excluding hydrogens is 292 g/mol. The second-order valence-corrected chi connectivity index (χ2v) is 5.40. The highest BCUT2D eigenvalue weighted by atomic mass is 16.5. The van der Waals surface area contributed by atoms with Gasteiger partial charge in [-0.3, -0.25) is 0 Å². The van der Waals surface area contributed by atoms with Crippen molar-refractivity contribution in [3.63, 3.8) is 0 Å². The molecule has 23 heavy (non-hydrogen) atoms. The van der Waals surface area contributed by atoms with E-state index in [2.05, 4.69) is 14.5 Å². The molecule has 0 atom stereocenters. The summed E-state index contributed by atoms with van der Waals surface area (Å²) in [4.78, 5) is 13.3. The molecule has 3 aromatic heterocycles. The zero-order valence-electron chi connectivity index (χ0n) is 13.3. The zero-order valence-corrected chi connectivity index (χ0v) is 13.3. The molecule has 0 aliphatic rings. The van der Waals surface area contributed by atoms with Crippen molar-refractivity contribution in [3.05, 3.63) is 30.1 Å². The van der Waals surface area contributed by atoms with Crippen LogP contribution in [0.2, 0.25) is 0 Å². The lowest BCUT2D eigenvalue weighted by atomic mass is 10.1. The number of fused-ring (bicyclic) bond motifs is 1. The van der Waals surface area contributed by atoms with Gasteiger partial charge in [0.15, 0.2) is 5.65 Å². The average Bonchev–Trinajstić information content (AvgIpc) is 2.82. The summed E-state index contributed by atoms with van der Waals surface area (Å²) in [5.74, 6) is 1.70. The summed E-state index contributed by atoms with van der Waals surface area (Å²) in [6, 6.07) is 7.42. The van der Waals surface area contributed by atoms with E-state index in [0.717, 1.165) is 41.2 Å². The second-order valence-electron chi connectivity index (χ2n) is 5.40. The van der Waals surface area contributed by atoms with Crippen LogP contribution < -0.4 is 11.5 Å². The van der Waals surface area contributed by atoms with Gasteiger partial charge in [0.25, 0.3) is 0 Å². The van der Waals surface area contributed by atoms with E-state index in [1.54, 1.807) is 19.2 Å². The summed E-state index contributed by atoms with van der Waals surface area (Å²) in [6.07, 6.45) is 0.907. The molecule has 0 saturated carbocycles. The predicted molar refractivity (Wildman–Crippen MR) is 90.8 cm³/mol. The number of anilines is 2. The van der Waals surface area contributed by atoms with Gasteiger partial charge in [-0.2, -0.15) is 0 Å². The lowest BCUT2D eigenvalue weighted by Crippen LogP contribution is -2.04. The molecule has 0 radical (unpaired) electrons. The summed E-state index contributed by atoms with van der Waals surface area (Å²) in [5, 5.41) is 0. The van der Waals surface area contributed by atoms with Crippen molar-refractivity contribution in [2.45, 2.75) is 19.9 Å². The van der Waals surface area contributed by atoms with Gasteiger partial charge in [-0.05, 0) is 37.6 Å². The minimum absolute atomic E-state index is 0.381. The van der Waals surface area contributed by atoms with Gasteiger partial charge in [0, 0.05) is 25.8 Å². The van der Waals surface area contributed by atoms with E-state index in [1.165, 1.54) is 0 Å². The third-order valence-corrected chi connectivity index (χ3v) is 3.67. The molecule has 7 nitrogen and oxygen atoms in total. The van der Waals surface area contributed by atoms with Crippen LogP contribution >= 0.6 is 0 Å². The maximum absolute atomic E-state index is 5.77. The first-order valence-electron chi connectivity index (χ1n) is 7.44. The summed E-state index contributed by atoms with van der Waals surface area (Å²) in [5.41, 5.74) is 14.9. The topological polar surface area (TPSA) is 105 Å². The first-order valence-corrected chi connectivity index (χ1v) is 7.44. The lowest BCUT2D eigenvalue weighted by molar-refractivity contribution is 0.190. The predicted octanol–water partition coefficient (Wildman–Crippen LogP) is 2.00. The molecule has 0 aliphatic heterocycles. The average molecular weight is 312 g/mol. The van der Waals surface area contributed by atoms with Crippen molar-refractivity contribution in [2.75, 3.05) is 25.2 Å². The van der Waals surface area contributed by atoms with Crippen LogP contribution in [-0.4, -0.2) is 33.2 Å². The minimum atomic E-state index is 0.381. The Bertz CT molecular complexity index is 822. The van der Waals surface area contributed by atoms with Gasteiger partial charge < -0.3 is 20.8 Å². The number of pyridine rings is 2. The molecule has 0 amide bonds. The van der Waals surface area contributed by atoms with Crippen molar-refractivity contribution in [1.29, 1.82) is 0 Å². The van der Waals surface area contributed by atoms with Gasteiger partial charge in [0.05, 0.1) is 5.69 Å². The summed E-state index contributed by atoms with van der Waals surface area (Å²) >= 11 is 0. The third-order valence-electron chi connectivity index (χ3n) is 3.67. The van der Waals surface area contributed by atoms with Crippen LogP contribution in [0.15, 0.2) is 24.3 Å². The van der Waals surface area contributed by atoms with Gasteiger partial charge in [-0.1, -0.05) is 0 Å². The zero-order chi connectivity index (χ0) is 16.4. The number of rotatable bonds is 5. The molecular formula is C16H20N6O. The van der Waals surface area contributed by atoms with Crippen LogP contribution in [0.3, 0.4) is 0 Å². The Morgan fingerprint density at radius 1 is 1.09 bits per heavy atom. The number of nitrogens with zero attached hydrogens (tertiary/aromatic N) is 4. The van der Waals surface area contributed by atoms with Crippen molar-refractivity contribution in [3.8, 4) is 11.3 Å². The van der Waals surface area contributed by atoms with Crippen LogP contribution in [0.5, 0.6) is 0 Å².